The van der Waals surface area contributed by atoms with Crippen LogP contribution in [0, 0.1) is 0 Å². The molecule has 30 heavy (non-hydrogen) atoms. The highest BCUT2D eigenvalue weighted by atomic mass is 35.5. The minimum absolute atomic E-state index is 0.00296. The highest BCUT2D eigenvalue weighted by Crippen LogP contribution is 2.37. The van der Waals surface area contributed by atoms with E-state index >= 15 is 0 Å². The van der Waals surface area contributed by atoms with E-state index in [0.29, 0.717) is 0 Å². The molecule has 0 saturated heterocycles. The molecule has 160 valence electrons. The molecule has 1 aliphatic heterocycles. The Balaban J connectivity index is 1.85. The van der Waals surface area contributed by atoms with E-state index in [-0.39, 0.29) is 56.1 Å². The summed E-state index contributed by atoms with van der Waals surface area (Å²) in [7, 11) is -4.15. The second-order valence-electron chi connectivity index (χ2n) is 6.19. The van der Waals surface area contributed by atoms with Crippen LogP contribution in [0.5, 0.6) is 5.75 Å². The molecule has 0 aliphatic carbocycles. The van der Waals surface area contributed by atoms with E-state index in [9.17, 15) is 18.0 Å². The zero-order valence-electron chi connectivity index (χ0n) is 15.5. The van der Waals surface area contributed by atoms with Crippen LogP contribution in [0.3, 0.4) is 0 Å². The summed E-state index contributed by atoms with van der Waals surface area (Å²) in [5, 5.41) is 5.39. The van der Waals surface area contributed by atoms with Crippen LogP contribution in [-0.4, -0.2) is 44.2 Å². The van der Waals surface area contributed by atoms with E-state index in [4.69, 9.17) is 39.5 Å². The summed E-state index contributed by atoms with van der Waals surface area (Å²) in [5.41, 5.74) is 0.458. The zero-order chi connectivity index (χ0) is 22.1. The van der Waals surface area contributed by atoms with E-state index in [1.54, 1.807) is 25.1 Å². The lowest BCUT2D eigenvalue weighted by Gasteiger charge is -2.23. The number of anilines is 2. The van der Waals surface area contributed by atoms with Crippen LogP contribution in [0.4, 0.5) is 11.4 Å². The monoisotopic (exact) mass is 491 g/mol. The Morgan fingerprint density at radius 3 is 2.50 bits per heavy atom. The summed E-state index contributed by atoms with van der Waals surface area (Å²) < 4.78 is 32.5. The molecule has 0 atom stereocenters. The average Bonchev–Trinajstić information content (AvgIpc) is 2.68. The number of nitrogens with zero attached hydrogens (tertiary/aromatic N) is 1. The first-order chi connectivity index (χ1) is 14.1. The van der Waals surface area contributed by atoms with Gasteiger partial charge in [-0.05, 0) is 18.2 Å². The van der Waals surface area contributed by atoms with E-state index in [1.807, 2.05) is 0 Å². The van der Waals surface area contributed by atoms with Gasteiger partial charge in [0.25, 0.3) is 5.91 Å². The number of hydrogen-bond acceptors (Lipinski definition) is 5. The van der Waals surface area contributed by atoms with Crippen LogP contribution in [0.15, 0.2) is 35.2 Å². The van der Waals surface area contributed by atoms with Crippen molar-refractivity contribution in [2.24, 2.45) is 0 Å². The molecule has 2 N–H and O–H groups in total. The minimum atomic E-state index is -4.15. The number of rotatable bonds is 6. The second-order valence-corrected chi connectivity index (χ2v) is 9.32. The Bertz CT molecular complexity index is 1100. The lowest BCUT2D eigenvalue weighted by atomic mass is 10.2. The third-order valence-corrected chi connectivity index (χ3v) is 7.20. The van der Waals surface area contributed by atoms with Gasteiger partial charge >= 0.3 is 0 Å². The zero-order valence-corrected chi connectivity index (χ0v) is 18.6. The van der Waals surface area contributed by atoms with Crippen LogP contribution in [0.2, 0.25) is 15.1 Å². The quantitative estimate of drug-likeness (QED) is 0.641. The molecule has 0 saturated carbocycles. The number of fused-ring (bicyclic) bond motifs is 1. The van der Waals surface area contributed by atoms with Gasteiger partial charge in [0.05, 0.1) is 33.0 Å². The van der Waals surface area contributed by atoms with Crippen LogP contribution in [0.25, 0.3) is 0 Å². The summed E-state index contributed by atoms with van der Waals surface area (Å²) >= 11 is 18.2. The Kier molecular flexibility index (Phi) is 6.78. The number of likely N-dealkylation sites (N-methyl/N-ethyl adjacent to an activating group) is 1. The van der Waals surface area contributed by atoms with Gasteiger partial charge in [-0.1, -0.05) is 47.8 Å². The van der Waals surface area contributed by atoms with Crippen molar-refractivity contribution in [3.8, 4) is 5.75 Å². The van der Waals surface area contributed by atoms with Gasteiger partial charge < -0.3 is 15.4 Å². The summed E-state index contributed by atoms with van der Waals surface area (Å²) in [5.74, 6) is -0.840. The fourth-order valence-electron chi connectivity index (χ4n) is 2.74. The van der Waals surface area contributed by atoms with E-state index in [0.717, 1.165) is 4.31 Å². The van der Waals surface area contributed by atoms with Crippen molar-refractivity contribution in [2.45, 2.75) is 11.8 Å². The van der Waals surface area contributed by atoms with Crippen LogP contribution < -0.4 is 15.4 Å². The maximum absolute atomic E-state index is 13.1. The molecule has 1 heterocycles. The molecule has 0 radical (unpaired) electrons. The van der Waals surface area contributed by atoms with Crippen molar-refractivity contribution in [3.63, 3.8) is 0 Å². The fourth-order valence-corrected chi connectivity index (χ4v) is 5.16. The molecular formula is C18H16Cl3N3O5S. The first kappa shape index (κ1) is 22.6. The van der Waals surface area contributed by atoms with Gasteiger partial charge in [0.15, 0.2) is 6.61 Å². The Morgan fingerprint density at radius 2 is 1.87 bits per heavy atom. The molecule has 3 rings (SSSR count). The van der Waals surface area contributed by atoms with Gasteiger partial charge in [-0.15, -0.1) is 0 Å². The Labute approximate surface area is 188 Å². The van der Waals surface area contributed by atoms with Gasteiger partial charge in [-0.3, -0.25) is 9.59 Å². The maximum Gasteiger partial charge on any atom is 0.262 e. The van der Waals surface area contributed by atoms with Crippen molar-refractivity contribution in [1.82, 2.24) is 4.31 Å². The fraction of sp³-hybridized carbons (Fsp3) is 0.222. The van der Waals surface area contributed by atoms with Crippen molar-refractivity contribution < 1.29 is 22.7 Å². The average molecular weight is 493 g/mol. The molecule has 0 fully saturated rings. The van der Waals surface area contributed by atoms with Gasteiger partial charge in [0, 0.05) is 12.6 Å². The summed E-state index contributed by atoms with van der Waals surface area (Å²) in [6.07, 6.45) is 0. The number of para-hydroxylation sites is 1. The Hall–Kier alpha value is -2.04. The van der Waals surface area contributed by atoms with Gasteiger partial charge in [0.1, 0.15) is 10.6 Å². The predicted octanol–water partition coefficient (Wildman–Crippen LogP) is 3.63. The lowest BCUT2D eigenvalue weighted by Crippen LogP contribution is -2.38. The smallest absolute Gasteiger partial charge is 0.262 e. The molecule has 2 aromatic carbocycles. The van der Waals surface area contributed by atoms with E-state index in [1.165, 1.54) is 12.1 Å². The van der Waals surface area contributed by atoms with Crippen LogP contribution in [0.1, 0.15) is 6.92 Å². The topological polar surface area (TPSA) is 105 Å². The van der Waals surface area contributed by atoms with E-state index < -0.39 is 22.5 Å². The van der Waals surface area contributed by atoms with Crippen molar-refractivity contribution in [3.05, 3.63) is 45.4 Å². The summed E-state index contributed by atoms with van der Waals surface area (Å²) in [6, 6.07) is 7.22. The third kappa shape index (κ3) is 4.65. The normalized spacial score (nSPS) is 13.4. The van der Waals surface area contributed by atoms with Gasteiger partial charge in [-0.2, -0.15) is 4.31 Å². The number of hydrogen-bond donors (Lipinski definition) is 2. The molecule has 8 nitrogen and oxygen atoms in total. The molecule has 0 spiro atoms. The highest BCUT2D eigenvalue weighted by molar-refractivity contribution is 7.89. The first-order valence-corrected chi connectivity index (χ1v) is 11.2. The minimum Gasteiger partial charge on any atom is -0.482 e. The lowest BCUT2D eigenvalue weighted by molar-refractivity contribution is -0.118. The summed E-state index contributed by atoms with van der Waals surface area (Å²) in [4.78, 5) is 23.7. The third-order valence-electron chi connectivity index (χ3n) is 4.18. The molecule has 2 aromatic rings. The SMILES string of the molecule is CCN(CC(=O)Nc1c(Cl)cccc1Cl)S(=O)(=O)c1cc2c(cc1Cl)NC(=O)CO2. The molecule has 12 heteroatoms. The molecular weight excluding hydrogens is 477 g/mol. The number of amides is 2. The van der Waals surface area contributed by atoms with Gasteiger partial charge in [-0.25, -0.2) is 8.42 Å². The van der Waals surface area contributed by atoms with Crippen LogP contribution >= 0.6 is 34.8 Å². The van der Waals surface area contributed by atoms with E-state index in [2.05, 4.69) is 10.6 Å². The van der Waals surface area contributed by atoms with Gasteiger partial charge in [0.2, 0.25) is 15.9 Å². The number of halogens is 3. The predicted molar refractivity (Wildman–Crippen MR) is 115 cm³/mol. The second kappa shape index (κ2) is 8.99. The van der Waals surface area contributed by atoms with Crippen LogP contribution in [-0.2, 0) is 19.6 Å². The molecule has 0 bridgehead atoms. The first-order valence-electron chi connectivity index (χ1n) is 8.63. The van der Waals surface area contributed by atoms with Crippen molar-refractivity contribution >= 4 is 68.0 Å². The summed E-state index contributed by atoms with van der Waals surface area (Å²) in [6.45, 7) is 0.839. The van der Waals surface area contributed by atoms with Crippen molar-refractivity contribution in [1.29, 1.82) is 0 Å². The largest absolute Gasteiger partial charge is 0.482 e. The Morgan fingerprint density at radius 1 is 1.20 bits per heavy atom. The standard InChI is InChI=1S/C18H16Cl3N3O5S/c1-2-24(8-16(25)23-18-10(19)4-3-5-11(18)20)30(27,28)15-7-14-13(6-12(15)21)22-17(26)9-29-14/h3-7H,2,8-9H2,1H3,(H,22,26)(H,23,25). The highest BCUT2D eigenvalue weighted by Gasteiger charge is 2.30. The maximum atomic E-state index is 13.1. The number of carbonyl (C=O) groups is 2. The number of sulfonamides is 1. The molecule has 0 unspecified atom stereocenters. The number of nitrogens with one attached hydrogen (secondary N) is 2. The molecule has 0 aromatic heterocycles. The number of ether oxygens (including phenoxy) is 1. The number of carbonyl (C=O) groups excluding carboxylic acids is 2. The number of benzene rings is 2. The molecule has 1 aliphatic rings. The molecule has 2 amide bonds. The van der Waals surface area contributed by atoms with Crippen molar-refractivity contribution in [2.75, 3.05) is 30.3 Å².